The molecule has 21 heavy (non-hydrogen) atoms. The van der Waals surface area contributed by atoms with E-state index in [9.17, 15) is 0 Å². The third kappa shape index (κ3) is 2.39. The molecule has 112 valence electrons. The maximum Gasteiger partial charge on any atom is 0.134 e. The average Bonchev–Trinajstić information content (AvgIpc) is 2.76. The largest absolute Gasteiger partial charge is 0.497 e. The molecule has 1 N–H and O–H groups in total. The van der Waals surface area contributed by atoms with Crippen LogP contribution in [0.1, 0.15) is 30.5 Å². The predicted molar refractivity (Wildman–Crippen MR) is 85.7 cm³/mol. The Bertz CT molecular complexity index is 668. The SMILES string of the molecule is CNc1c2c(nc3cc(OC)cc(OC)c13)CCCCC2. The molecule has 0 bridgehead atoms. The van der Waals surface area contributed by atoms with E-state index in [-0.39, 0.29) is 0 Å². The smallest absolute Gasteiger partial charge is 0.134 e. The van der Waals surface area contributed by atoms with E-state index in [4.69, 9.17) is 14.5 Å². The number of nitrogens with zero attached hydrogens (tertiary/aromatic N) is 1. The third-order valence-electron chi connectivity index (χ3n) is 4.26. The fourth-order valence-corrected chi connectivity index (χ4v) is 3.23. The van der Waals surface area contributed by atoms with Gasteiger partial charge in [0.15, 0.2) is 0 Å². The summed E-state index contributed by atoms with van der Waals surface area (Å²) in [6.07, 6.45) is 5.86. The van der Waals surface area contributed by atoms with Gasteiger partial charge in [0.2, 0.25) is 0 Å². The van der Waals surface area contributed by atoms with Gasteiger partial charge in [0.25, 0.3) is 0 Å². The van der Waals surface area contributed by atoms with E-state index in [0.29, 0.717) is 0 Å². The molecule has 0 saturated heterocycles. The van der Waals surface area contributed by atoms with Crippen molar-refractivity contribution in [2.24, 2.45) is 0 Å². The van der Waals surface area contributed by atoms with Crippen molar-refractivity contribution in [2.75, 3.05) is 26.6 Å². The monoisotopic (exact) mass is 286 g/mol. The first-order chi connectivity index (χ1) is 10.3. The van der Waals surface area contributed by atoms with E-state index in [0.717, 1.165) is 40.9 Å². The van der Waals surface area contributed by atoms with E-state index in [1.807, 2.05) is 19.2 Å². The Kier molecular flexibility index (Phi) is 3.86. The predicted octanol–water partition coefficient (Wildman–Crippen LogP) is 3.56. The molecule has 0 saturated carbocycles. The van der Waals surface area contributed by atoms with Crippen LogP contribution in [0.15, 0.2) is 12.1 Å². The number of aromatic nitrogens is 1. The number of methoxy groups -OCH3 is 2. The summed E-state index contributed by atoms with van der Waals surface area (Å²) in [6, 6.07) is 3.91. The van der Waals surface area contributed by atoms with E-state index < -0.39 is 0 Å². The number of benzene rings is 1. The van der Waals surface area contributed by atoms with Gasteiger partial charge < -0.3 is 14.8 Å². The maximum absolute atomic E-state index is 5.57. The van der Waals surface area contributed by atoms with Crippen molar-refractivity contribution >= 4 is 16.6 Å². The van der Waals surface area contributed by atoms with Gasteiger partial charge in [-0.25, -0.2) is 0 Å². The first kappa shape index (κ1) is 14.0. The van der Waals surface area contributed by atoms with Crippen molar-refractivity contribution in [3.63, 3.8) is 0 Å². The number of hydrogen-bond donors (Lipinski definition) is 1. The highest BCUT2D eigenvalue weighted by Gasteiger charge is 2.19. The molecule has 1 aliphatic carbocycles. The molecule has 0 unspecified atom stereocenters. The Labute approximate surface area is 125 Å². The molecule has 1 aliphatic rings. The maximum atomic E-state index is 5.57. The van der Waals surface area contributed by atoms with Crippen molar-refractivity contribution in [3.05, 3.63) is 23.4 Å². The van der Waals surface area contributed by atoms with Gasteiger partial charge in [-0.2, -0.15) is 0 Å². The molecular formula is C17H22N2O2. The van der Waals surface area contributed by atoms with Gasteiger partial charge in [0, 0.05) is 24.9 Å². The van der Waals surface area contributed by atoms with Crippen molar-refractivity contribution in [1.29, 1.82) is 0 Å². The minimum atomic E-state index is 0.780. The second-order valence-corrected chi connectivity index (χ2v) is 5.45. The zero-order chi connectivity index (χ0) is 14.8. The molecule has 2 aromatic rings. The molecule has 1 heterocycles. The molecule has 0 atom stereocenters. The summed E-state index contributed by atoms with van der Waals surface area (Å²) in [5, 5.41) is 4.43. The van der Waals surface area contributed by atoms with Gasteiger partial charge in [-0.15, -0.1) is 0 Å². The van der Waals surface area contributed by atoms with E-state index in [1.54, 1.807) is 14.2 Å². The molecule has 0 fully saturated rings. The molecule has 0 amide bonds. The fourth-order valence-electron chi connectivity index (χ4n) is 3.23. The Balaban J connectivity index is 2.34. The summed E-state index contributed by atoms with van der Waals surface area (Å²) in [4.78, 5) is 4.90. The Morgan fingerprint density at radius 3 is 2.57 bits per heavy atom. The van der Waals surface area contributed by atoms with Gasteiger partial charge >= 0.3 is 0 Å². The molecule has 4 heteroatoms. The molecule has 3 rings (SSSR count). The van der Waals surface area contributed by atoms with Crippen LogP contribution in [-0.2, 0) is 12.8 Å². The first-order valence-corrected chi connectivity index (χ1v) is 7.53. The van der Waals surface area contributed by atoms with E-state index in [1.165, 1.54) is 30.5 Å². The lowest BCUT2D eigenvalue weighted by Crippen LogP contribution is -2.04. The minimum Gasteiger partial charge on any atom is -0.497 e. The number of hydrogen-bond acceptors (Lipinski definition) is 4. The summed E-state index contributed by atoms with van der Waals surface area (Å²) >= 11 is 0. The Morgan fingerprint density at radius 1 is 1.05 bits per heavy atom. The van der Waals surface area contributed by atoms with Crippen LogP contribution < -0.4 is 14.8 Å². The van der Waals surface area contributed by atoms with Crippen molar-refractivity contribution in [1.82, 2.24) is 4.98 Å². The highest BCUT2D eigenvalue weighted by molar-refractivity contribution is 5.99. The molecule has 1 aromatic heterocycles. The summed E-state index contributed by atoms with van der Waals surface area (Å²) in [6.45, 7) is 0. The van der Waals surface area contributed by atoms with Gasteiger partial charge in [-0.3, -0.25) is 4.98 Å². The number of ether oxygens (including phenoxy) is 2. The number of pyridine rings is 1. The summed E-state index contributed by atoms with van der Waals surface area (Å²) in [7, 11) is 5.34. The lowest BCUT2D eigenvalue weighted by atomic mass is 10.0. The molecule has 0 aliphatic heterocycles. The Hall–Kier alpha value is -1.97. The lowest BCUT2D eigenvalue weighted by molar-refractivity contribution is 0.398. The zero-order valence-electron chi connectivity index (χ0n) is 13.0. The quantitative estimate of drug-likeness (QED) is 0.876. The number of rotatable bonds is 3. The molecule has 1 aromatic carbocycles. The van der Waals surface area contributed by atoms with Gasteiger partial charge in [-0.05, 0) is 31.2 Å². The Morgan fingerprint density at radius 2 is 1.86 bits per heavy atom. The molecule has 4 nitrogen and oxygen atoms in total. The second kappa shape index (κ2) is 5.80. The normalized spacial score (nSPS) is 14.4. The van der Waals surface area contributed by atoms with Crippen LogP contribution in [-0.4, -0.2) is 26.3 Å². The number of anilines is 1. The van der Waals surface area contributed by atoms with Gasteiger partial charge in [0.1, 0.15) is 11.5 Å². The fraction of sp³-hybridized carbons (Fsp3) is 0.471. The average molecular weight is 286 g/mol. The second-order valence-electron chi connectivity index (χ2n) is 5.45. The summed E-state index contributed by atoms with van der Waals surface area (Å²) < 4.78 is 10.9. The van der Waals surface area contributed by atoms with Gasteiger partial charge in [-0.1, -0.05) is 6.42 Å². The molecular weight excluding hydrogens is 264 g/mol. The van der Waals surface area contributed by atoms with Crippen LogP contribution >= 0.6 is 0 Å². The van der Waals surface area contributed by atoms with Crippen molar-refractivity contribution in [3.8, 4) is 11.5 Å². The lowest BCUT2D eigenvalue weighted by Gasteiger charge is -2.18. The van der Waals surface area contributed by atoms with Crippen LogP contribution in [0.4, 0.5) is 5.69 Å². The highest BCUT2D eigenvalue weighted by atomic mass is 16.5. The topological polar surface area (TPSA) is 43.4 Å². The number of nitrogens with one attached hydrogen (secondary N) is 1. The first-order valence-electron chi connectivity index (χ1n) is 7.53. The van der Waals surface area contributed by atoms with Crippen molar-refractivity contribution in [2.45, 2.75) is 32.1 Å². The van der Waals surface area contributed by atoms with Crippen LogP contribution in [0, 0.1) is 0 Å². The minimum absolute atomic E-state index is 0.780. The third-order valence-corrected chi connectivity index (χ3v) is 4.26. The standard InChI is InChI=1S/C17H22N2O2/c1-18-17-12-7-5-4-6-8-13(12)19-14-9-11(20-2)10-15(21-3)16(14)17/h9-10H,4-8H2,1-3H3,(H,18,19). The number of fused-ring (bicyclic) bond motifs is 2. The molecule has 0 radical (unpaired) electrons. The number of aryl methyl sites for hydroxylation is 1. The van der Waals surface area contributed by atoms with Crippen LogP contribution in [0.3, 0.4) is 0 Å². The zero-order valence-corrected chi connectivity index (χ0v) is 13.0. The highest BCUT2D eigenvalue weighted by Crippen LogP contribution is 2.39. The van der Waals surface area contributed by atoms with E-state index in [2.05, 4.69) is 5.32 Å². The van der Waals surface area contributed by atoms with E-state index >= 15 is 0 Å². The van der Waals surface area contributed by atoms with Crippen LogP contribution in [0.5, 0.6) is 11.5 Å². The van der Waals surface area contributed by atoms with Crippen molar-refractivity contribution < 1.29 is 9.47 Å². The van der Waals surface area contributed by atoms with Crippen LogP contribution in [0.2, 0.25) is 0 Å². The summed E-state index contributed by atoms with van der Waals surface area (Å²) in [5.74, 6) is 1.59. The molecule has 0 spiro atoms. The summed E-state index contributed by atoms with van der Waals surface area (Å²) in [5.41, 5.74) is 4.68. The van der Waals surface area contributed by atoms with Crippen LogP contribution in [0.25, 0.3) is 10.9 Å². The van der Waals surface area contributed by atoms with Gasteiger partial charge in [0.05, 0.1) is 30.8 Å².